The van der Waals surface area contributed by atoms with Crippen molar-refractivity contribution >= 4 is 27.7 Å². The summed E-state index contributed by atoms with van der Waals surface area (Å²) in [5.74, 6) is 1.33. The highest BCUT2D eigenvalue weighted by atomic mass is 79.9. The summed E-state index contributed by atoms with van der Waals surface area (Å²) in [5.41, 5.74) is 17.6. The fraction of sp³-hybridized carbons (Fsp3) is 0.278. The van der Waals surface area contributed by atoms with Crippen LogP contribution in [0.1, 0.15) is 40.3 Å². The first-order chi connectivity index (χ1) is 23.5. The van der Waals surface area contributed by atoms with Crippen molar-refractivity contribution in [2.45, 2.75) is 37.5 Å². The van der Waals surface area contributed by atoms with Gasteiger partial charge in [-0.2, -0.15) is 0 Å². The number of hydrogen-bond acceptors (Lipinski definition) is 8. The number of para-hydroxylation sites is 1. The number of halogens is 1. The number of hydrogen-bond donors (Lipinski definition) is 3. The largest absolute Gasteiger partial charge is 0.496 e. The third kappa shape index (κ3) is 8.15. The van der Waals surface area contributed by atoms with E-state index in [0.717, 1.165) is 32.5 Å². The summed E-state index contributed by atoms with van der Waals surface area (Å²) < 4.78 is 18.6. The van der Waals surface area contributed by atoms with Crippen molar-refractivity contribution in [3.8, 4) is 11.5 Å². The number of benzene rings is 4. The lowest BCUT2D eigenvalue weighted by Crippen LogP contribution is -2.54. The number of ether oxygens (including phenoxy) is 3. The summed E-state index contributed by atoms with van der Waals surface area (Å²) in [6.45, 7) is 0.992. The number of carbonyl (C=O) groups excluding carboxylic acids is 1. The lowest BCUT2D eigenvalue weighted by Gasteiger charge is -2.32. The van der Waals surface area contributed by atoms with Crippen molar-refractivity contribution in [3.63, 3.8) is 0 Å². The number of aliphatic imine (C=N–C) groups is 1. The summed E-state index contributed by atoms with van der Waals surface area (Å²) in [6, 6.07) is 30.2. The minimum Gasteiger partial charge on any atom is -0.496 e. The molecule has 0 unspecified atom stereocenters. The Hall–Kier alpha value is -4.87. The zero-order chi connectivity index (χ0) is 33.8. The van der Waals surface area contributed by atoms with E-state index in [2.05, 4.69) is 36.8 Å². The molecule has 0 radical (unpaired) electrons. The summed E-state index contributed by atoms with van der Waals surface area (Å²) >= 11 is 3.68. The van der Waals surface area contributed by atoms with E-state index in [0.29, 0.717) is 43.2 Å². The monoisotopic (exact) mass is 712 g/mol. The smallest absolute Gasteiger partial charge is 0.266 e. The van der Waals surface area contributed by atoms with Crippen LogP contribution in [-0.2, 0) is 28.9 Å². The van der Waals surface area contributed by atoms with Gasteiger partial charge in [-0.15, -0.1) is 0 Å². The molecule has 0 fully saturated rings. The standard InChI is InChI=1S/C36H37BrN6O5/c1-46-32-14-7-4-9-25(32)19-20-39-42-35(45)36(23-27-10-2-3-11-28(27)24-40-43-38)33(30-12-5-6-13-31(30)37)48-34(41-36)26-15-17-29(18-16-26)47-22-8-21-44/h2-7,9-18,33,39,44H,8,19-24H2,1H3,(H,42,45)/t33-,36-/m0/s1. The van der Waals surface area contributed by atoms with E-state index in [1.807, 2.05) is 84.9 Å². The van der Waals surface area contributed by atoms with Gasteiger partial charge in [-0.1, -0.05) is 81.7 Å². The summed E-state index contributed by atoms with van der Waals surface area (Å²) in [4.78, 5) is 22.6. The molecule has 48 heavy (non-hydrogen) atoms. The highest BCUT2D eigenvalue weighted by Crippen LogP contribution is 2.45. The first-order valence-electron chi connectivity index (χ1n) is 15.6. The Balaban J connectivity index is 1.53. The minimum absolute atomic E-state index is 0.0462. The molecule has 2 atom stereocenters. The van der Waals surface area contributed by atoms with E-state index in [-0.39, 0.29) is 25.5 Å². The van der Waals surface area contributed by atoms with Gasteiger partial charge in [-0.3, -0.25) is 10.2 Å². The Labute approximate surface area is 287 Å². The highest BCUT2D eigenvalue weighted by Gasteiger charge is 2.54. The number of aliphatic hydroxyl groups excluding tert-OH is 1. The number of aliphatic hydroxyl groups is 1. The molecule has 11 nitrogen and oxygen atoms in total. The highest BCUT2D eigenvalue weighted by molar-refractivity contribution is 9.10. The molecule has 0 aromatic heterocycles. The van der Waals surface area contributed by atoms with Crippen LogP contribution in [0.3, 0.4) is 0 Å². The molecule has 4 aromatic rings. The molecule has 1 heterocycles. The van der Waals surface area contributed by atoms with E-state index in [9.17, 15) is 4.79 Å². The average molecular weight is 714 g/mol. The maximum atomic E-state index is 14.6. The molecule has 5 rings (SSSR count). The van der Waals surface area contributed by atoms with Crippen LogP contribution in [0.25, 0.3) is 10.4 Å². The molecule has 1 aliphatic heterocycles. The predicted molar refractivity (Wildman–Crippen MR) is 187 cm³/mol. The Kier molecular flexibility index (Phi) is 12.1. The van der Waals surface area contributed by atoms with Crippen LogP contribution in [0.15, 0.2) is 112 Å². The summed E-state index contributed by atoms with van der Waals surface area (Å²) in [7, 11) is 1.63. The Bertz CT molecular complexity index is 1780. The van der Waals surface area contributed by atoms with Crippen molar-refractivity contribution in [2.75, 3.05) is 26.9 Å². The first kappa shape index (κ1) is 34.5. The molecule has 12 heteroatoms. The number of methoxy groups -OCH3 is 1. The summed E-state index contributed by atoms with van der Waals surface area (Å²) in [5, 5.41) is 12.9. The van der Waals surface area contributed by atoms with Gasteiger partial charge in [0, 0.05) is 46.5 Å². The van der Waals surface area contributed by atoms with Crippen LogP contribution >= 0.6 is 15.9 Å². The molecule has 0 saturated carbocycles. The van der Waals surface area contributed by atoms with Crippen molar-refractivity contribution in [1.82, 2.24) is 10.9 Å². The van der Waals surface area contributed by atoms with Crippen molar-refractivity contribution in [3.05, 3.63) is 140 Å². The predicted octanol–water partition coefficient (Wildman–Crippen LogP) is 6.39. The number of nitrogens with one attached hydrogen (secondary N) is 2. The quantitative estimate of drug-likeness (QED) is 0.0403. The zero-order valence-corrected chi connectivity index (χ0v) is 28.1. The van der Waals surface area contributed by atoms with Crippen molar-refractivity contribution < 1.29 is 24.1 Å². The fourth-order valence-electron chi connectivity index (χ4n) is 5.59. The zero-order valence-electron chi connectivity index (χ0n) is 26.5. The van der Waals surface area contributed by atoms with E-state index < -0.39 is 11.6 Å². The number of rotatable bonds is 16. The molecule has 1 amide bonds. The molecule has 0 spiro atoms. The van der Waals surface area contributed by atoms with Gasteiger partial charge in [-0.05, 0) is 65.0 Å². The third-order valence-electron chi connectivity index (χ3n) is 8.01. The minimum atomic E-state index is -1.47. The van der Waals surface area contributed by atoms with Crippen LogP contribution in [0, 0.1) is 0 Å². The van der Waals surface area contributed by atoms with E-state index in [1.54, 1.807) is 19.2 Å². The first-order valence-corrected chi connectivity index (χ1v) is 16.4. The molecular formula is C36H37BrN6O5. The topological polar surface area (TPSA) is 150 Å². The SMILES string of the molecule is COc1ccccc1CCNNC(=O)[C@@]1(Cc2ccccc2CN=[N+]=[N-])N=C(c2ccc(OCCCO)cc2)O[C@H]1c1ccccc1Br. The number of hydrazine groups is 1. The van der Waals surface area contributed by atoms with Crippen LogP contribution in [-0.4, -0.2) is 49.3 Å². The second-order valence-corrected chi connectivity index (χ2v) is 11.9. The lowest BCUT2D eigenvalue weighted by molar-refractivity contribution is -0.130. The molecule has 248 valence electrons. The van der Waals surface area contributed by atoms with Crippen molar-refractivity contribution in [2.24, 2.45) is 10.1 Å². The maximum Gasteiger partial charge on any atom is 0.266 e. The molecular weight excluding hydrogens is 676 g/mol. The van der Waals surface area contributed by atoms with E-state index >= 15 is 0 Å². The van der Waals surface area contributed by atoms with E-state index in [4.69, 9.17) is 29.8 Å². The van der Waals surface area contributed by atoms with Gasteiger partial charge < -0.3 is 19.3 Å². The molecule has 0 aliphatic carbocycles. The second-order valence-electron chi connectivity index (χ2n) is 11.1. The van der Waals surface area contributed by atoms with E-state index in [1.165, 1.54) is 0 Å². The molecule has 0 saturated heterocycles. The molecule has 1 aliphatic rings. The Morgan fingerprint density at radius 1 is 1.02 bits per heavy atom. The fourth-order valence-corrected chi connectivity index (χ4v) is 6.08. The Morgan fingerprint density at radius 2 is 1.73 bits per heavy atom. The number of nitrogens with zero attached hydrogens (tertiary/aromatic N) is 4. The van der Waals surface area contributed by atoms with Gasteiger partial charge in [0.05, 0.1) is 20.3 Å². The van der Waals surface area contributed by atoms with Crippen LogP contribution in [0.2, 0.25) is 0 Å². The second kappa shape index (κ2) is 16.8. The number of amides is 1. The molecule has 4 aromatic carbocycles. The van der Waals surface area contributed by atoms with Gasteiger partial charge in [0.2, 0.25) is 5.90 Å². The van der Waals surface area contributed by atoms with Crippen LogP contribution < -0.4 is 20.3 Å². The molecule has 3 N–H and O–H groups in total. The Morgan fingerprint density at radius 3 is 2.46 bits per heavy atom. The number of carbonyl (C=O) groups is 1. The lowest BCUT2D eigenvalue weighted by atomic mass is 9.81. The van der Waals surface area contributed by atoms with Crippen molar-refractivity contribution in [1.29, 1.82) is 0 Å². The van der Waals surface area contributed by atoms with Gasteiger partial charge in [0.25, 0.3) is 5.91 Å². The average Bonchev–Trinajstić information content (AvgIpc) is 3.50. The van der Waals surface area contributed by atoms with Crippen LogP contribution in [0.5, 0.6) is 11.5 Å². The van der Waals surface area contributed by atoms with Gasteiger partial charge >= 0.3 is 0 Å². The maximum absolute atomic E-state index is 14.6. The molecule has 0 bridgehead atoms. The normalized spacial score (nSPS) is 16.7. The van der Waals surface area contributed by atoms with Gasteiger partial charge in [0.1, 0.15) is 11.5 Å². The number of azide groups is 1. The van der Waals surface area contributed by atoms with Crippen LogP contribution in [0.4, 0.5) is 0 Å². The van der Waals surface area contributed by atoms with Gasteiger partial charge in [0.15, 0.2) is 11.6 Å². The third-order valence-corrected chi connectivity index (χ3v) is 8.74. The van der Waals surface area contributed by atoms with Gasteiger partial charge in [-0.25, -0.2) is 10.4 Å². The summed E-state index contributed by atoms with van der Waals surface area (Å²) in [6.07, 6.45) is 0.462.